The zero-order valence-corrected chi connectivity index (χ0v) is 15.0. The Hall–Kier alpha value is -0.430. The van der Waals surface area contributed by atoms with Crippen LogP contribution in [0.4, 0.5) is 0 Å². The van der Waals surface area contributed by atoms with Crippen LogP contribution >= 0.6 is 15.9 Å². The third-order valence-corrected chi connectivity index (χ3v) is 7.43. The van der Waals surface area contributed by atoms with E-state index in [1.807, 2.05) is 13.8 Å². The van der Waals surface area contributed by atoms with Gasteiger partial charge in [-0.3, -0.25) is 0 Å². The number of sulfonamides is 1. The number of hydrogen-bond acceptors (Lipinski definition) is 3. The molecule has 4 nitrogen and oxygen atoms in total. The molecular weight excluding hydrogens is 354 g/mol. The van der Waals surface area contributed by atoms with Gasteiger partial charge in [0.25, 0.3) is 0 Å². The molecule has 1 aliphatic rings. The van der Waals surface area contributed by atoms with Crippen LogP contribution in [0.2, 0.25) is 0 Å². The lowest BCUT2D eigenvalue weighted by atomic mass is 9.97. The highest BCUT2D eigenvalue weighted by molar-refractivity contribution is 9.10. The van der Waals surface area contributed by atoms with E-state index in [1.54, 1.807) is 16.4 Å². The average Bonchev–Trinajstić information content (AvgIpc) is 2.43. The summed E-state index contributed by atoms with van der Waals surface area (Å²) in [7, 11) is -3.55. The van der Waals surface area contributed by atoms with E-state index in [1.165, 1.54) is 0 Å². The first-order valence-corrected chi connectivity index (χ1v) is 9.42. The van der Waals surface area contributed by atoms with Gasteiger partial charge < -0.3 is 5.11 Å². The molecule has 21 heavy (non-hydrogen) atoms. The number of aliphatic hydroxyl groups excluding tert-OH is 1. The van der Waals surface area contributed by atoms with E-state index in [0.717, 1.165) is 18.4 Å². The predicted octanol–water partition coefficient (Wildman–Crippen LogP) is 3.06. The molecule has 0 radical (unpaired) electrons. The molecule has 2 unspecified atom stereocenters. The number of aliphatic hydroxyl groups is 1. The van der Waals surface area contributed by atoms with Gasteiger partial charge in [0.15, 0.2) is 0 Å². The predicted molar refractivity (Wildman–Crippen MR) is 86.6 cm³/mol. The number of benzene rings is 1. The molecule has 6 heteroatoms. The summed E-state index contributed by atoms with van der Waals surface area (Å²) in [6.45, 7) is 6.27. The maximum Gasteiger partial charge on any atom is 0.244 e. The minimum Gasteiger partial charge on any atom is -0.392 e. The lowest BCUT2D eigenvalue weighted by molar-refractivity contribution is 0.218. The second-order valence-electron chi connectivity index (χ2n) is 5.99. The van der Waals surface area contributed by atoms with Gasteiger partial charge in [-0.2, -0.15) is 4.31 Å². The summed E-state index contributed by atoms with van der Waals surface area (Å²) < 4.78 is 28.2. The van der Waals surface area contributed by atoms with Crippen molar-refractivity contribution in [2.24, 2.45) is 5.92 Å². The first-order chi connectivity index (χ1) is 9.77. The summed E-state index contributed by atoms with van der Waals surface area (Å²) in [5.74, 6) is 0.372. The van der Waals surface area contributed by atoms with Crippen molar-refractivity contribution in [2.75, 3.05) is 6.54 Å². The van der Waals surface area contributed by atoms with E-state index in [0.29, 0.717) is 22.5 Å². The highest BCUT2D eigenvalue weighted by atomic mass is 79.9. The molecule has 1 saturated heterocycles. The molecule has 118 valence electrons. The van der Waals surface area contributed by atoms with Gasteiger partial charge in [-0.05, 0) is 65.7 Å². The third kappa shape index (κ3) is 3.33. The van der Waals surface area contributed by atoms with Crippen molar-refractivity contribution < 1.29 is 13.5 Å². The van der Waals surface area contributed by atoms with Crippen LogP contribution < -0.4 is 0 Å². The number of aryl methyl sites for hydroxylation is 1. The van der Waals surface area contributed by atoms with Crippen LogP contribution in [0.3, 0.4) is 0 Å². The van der Waals surface area contributed by atoms with Crippen molar-refractivity contribution in [3.63, 3.8) is 0 Å². The molecular formula is C15H22BrNO3S. The average molecular weight is 376 g/mol. The lowest BCUT2D eigenvalue weighted by Gasteiger charge is -2.36. The van der Waals surface area contributed by atoms with Gasteiger partial charge in [-0.1, -0.05) is 13.0 Å². The molecule has 0 aliphatic carbocycles. The zero-order valence-electron chi connectivity index (χ0n) is 12.6. The molecule has 1 fully saturated rings. The molecule has 0 aromatic heterocycles. The van der Waals surface area contributed by atoms with Gasteiger partial charge in [-0.15, -0.1) is 0 Å². The highest BCUT2D eigenvalue weighted by Gasteiger charge is 2.35. The molecule has 0 amide bonds. The van der Waals surface area contributed by atoms with Gasteiger partial charge in [0.05, 0.1) is 11.5 Å². The number of halogens is 1. The minimum atomic E-state index is -3.55. The van der Waals surface area contributed by atoms with E-state index in [9.17, 15) is 13.5 Å². The van der Waals surface area contributed by atoms with Gasteiger partial charge in [0, 0.05) is 17.1 Å². The standard InChI is InChI=1S/C15H22BrNO3S/c1-10-4-5-12(3)17(8-10)21(19,20)14-7-13(9-18)6-11(2)15(14)16/h6-7,10,12,18H,4-5,8-9H2,1-3H3. The molecule has 0 bridgehead atoms. The second kappa shape index (κ2) is 6.36. The molecule has 0 saturated carbocycles. The Labute approximate surface area is 135 Å². The van der Waals surface area contributed by atoms with Crippen LogP contribution in [0.25, 0.3) is 0 Å². The fraction of sp³-hybridized carbons (Fsp3) is 0.600. The summed E-state index contributed by atoms with van der Waals surface area (Å²) in [5, 5.41) is 9.32. The first kappa shape index (κ1) is 16.9. The molecule has 1 N–H and O–H groups in total. The van der Waals surface area contributed by atoms with Crippen LogP contribution in [0.5, 0.6) is 0 Å². The fourth-order valence-electron chi connectivity index (χ4n) is 2.80. The Kier molecular flexibility index (Phi) is 5.13. The van der Waals surface area contributed by atoms with Crippen LogP contribution in [-0.2, 0) is 16.6 Å². The maximum atomic E-state index is 13.0. The fourth-order valence-corrected chi connectivity index (χ4v) is 5.61. The number of piperidine rings is 1. The quantitative estimate of drug-likeness (QED) is 0.882. The Balaban J connectivity index is 2.51. The van der Waals surface area contributed by atoms with E-state index in [4.69, 9.17) is 0 Å². The Bertz CT molecular complexity index is 630. The lowest BCUT2D eigenvalue weighted by Crippen LogP contribution is -2.44. The van der Waals surface area contributed by atoms with Crippen LogP contribution in [0.1, 0.15) is 37.8 Å². The normalized spacial score (nSPS) is 24.2. The van der Waals surface area contributed by atoms with E-state index >= 15 is 0 Å². The Morgan fingerprint density at radius 1 is 1.33 bits per heavy atom. The molecule has 1 aromatic rings. The van der Waals surface area contributed by atoms with Crippen molar-refractivity contribution in [1.82, 2.24) is 4.31 Å². The maximum absolute atomic E-state index is 13.0. The third-order valence-electron chi connectivity index (χ3n) is 4.11. The highest BCUT2D eigenvalue weighted by Crippen LogP contribution is 2.33. The summed E-state index contributed by atoms with van der Waals surface area (Å²) >= 11 is 3.39. The van der Waals surface area contributed by atoms with E-state index in [2.05, 4.69) is 22.9 Å². The summed E-state index contributed by atoms with van der Waals surface area (Å²) in [6, 6.07) is 3.38. The van der Waals surface area contributed by atoms with Crippen LogP contribution in [-0.4, -0.2) is 30.4 Å². The Morgan fingerprint density at radius 2 is 2.00 bits per heavy atom. The van der Waals surface area contributed by atoms with Gasteiger partial charge >= 0.3 is 0 Å². The second-order valence-corrected chi connectivity index (χ2v) is 8.64. The molecule has 0 spiro atoms. The number of rotatable bonds is 3. The monoisotopic (exact) mass is 375 g/mol. The van der Waals surface area contributed by atoms with Crippen molar-refractivity contribution >= 4 is 26.0 Å². The molecule has 1 aliphatic heterocycles. The molecule has 2 atom stereocenters. The molecule has 1 aromatic carbocycles. The van der Waals surface area contributed by atoms with Gasteiger partial charge in [0.2, 0.25) is 10.0 Å². The number of nitrogens with zero attached hydrogens (tertiary/aromatic N) is 1. The van der Waals surface area contributed by atoms with Crippen LogP contribution in [0, 0.1) is 12.8 Å². The smallest absolute Gasteiger partial charge is 0.244 e. The summed E-state index contributed by atoms with van der Waals surface area (Å²) in [4.78, 5) is 0.257. The molecule has 2 rings (SSSR count). The van der Waals surface area contributed by atoms with E-state index in [-0.39, 0.29) is 17.5 Å². The Morgan fingerprint density at radius 3 is 2.62 bits per heavy atom. The SMILES string of the molecule is Cc1cc(CO)cc(S(=O)(=O)N2CC(C)CCC2C)c1Br. The van der Waals surface area contributed by atoms with Crippen molar-refractivity contribution in [3.05, 3.63) is 27.7 Å². The molecule has 1 heterocycles. The summed E-state index contributed by atoms with van der Waals surface area (Å²) in [6.07, 6.45) is 1.95. The van der Waals surface area contributed by atoms with Crippen molar-refractivity contribution in [3.8, 4) is 0 Å². The largest absolute Gasteiger partial charge is 0.392 e. The van der Waals surface area contributed by atoms with Gasteiger partial charge in [-0.25, -0.2) is 8.42 Å². The zero-order chi connectivity index (χ0) is 15.8. The van der Waals surface area contributed by atoms with Crippen molar-refractivity contribution in [1.29, 1.82) is 0 Å². The van der Waals surface area contributed by atoms with Crippen molar-refractivity contribution in [2.45, 2.75) is 51.2 Å². The van der Waals surface area contributed by atoms with E-state index < -0.39 is 10.0 Å². The minimum absolute atomic E-state index is 0.0104. The van der Waals surface area contributed by atoms with Gasteiger partial charge in [0.1, 0.15) is 0 Å². The first-order valence-electron chi connectivity index (χ1n) is 7.19. The number of hydrogen-bond donors (Lipinski definition) is 1. The summed E-state index contributed by atoms with van der Waals surface area (Å²) in [5.41, 5.74) is 1.44. The topological polar surface area (TPSA) is 57.6 Å². The van der Waals surface area contributed by atoms with Crippen LogP contribution in [0.15, 0.2) is 21.5 Å².